The number of carbonyl (C=O) groups is 1. The first kappa shape index (κ1) is 15.1. The normalized spacial score (nSPS) is 25.1. The highest BCUT2D eigenvalue weighted by Gasteiger charge is 2.49. The molecule has 2 amide bonds. The van der Waals surface area contributed by atoms with E-state index in [1.807, 2.05) is 0 Å². The highest BCUT2D eigenvalue weighted by atomic mass is 32.3. The fourth-order valence-corrected chi connectivity index (χ4v) is 3.10. The summed E-state index contributed by atoms with van der Waals surface area (Å²) in [5, 5.41) is 8.44. The number of nitrogens with two attached hydrogens (primary N) is 1. The summed E-state index contributed by atoms with van der Waals surface area (Å²) in [4.78, 5) is 13.6. The largest absolute Gasteiger partial charge is 0.423 e. The van der Waals surface area contributed by atoms with Gasteiger partial charge in [-0.3, -0.25) is 4.55 Å². The van der Waals surface area contributed by atoms with Gasteiger partial charge in [0.15, 0.2) is 0 Å². The average molecular weight is 333 g/mol. The molecule has 12 heteroatoms. The summed E-state index contributed by atoms with van der Waals surface area (Å²) in [6.45, 7) is 0.626. The summed E-state index contributed by atoms with van der Waals surface area (Å²) in [5.41, 5.74) is 5.41. The third-order valence-corrected chi connectivity index (χ3v) is 3.97. The molecular formula is C10H15N5O6S. The minimum absolute atomic E-state index is 0.258. The first-order valence-corrected chi connectivity index (χ1v) is 8.04. The summed E-state index contributed by atoms with van der Waals surface area (Å²) in [7, 11) is -4.75. The van der Waals surface area contributed by atoms with Crippen LogP contribution >= 0.6 is 0 Å². The summed E-state index contributed by atoms with van der Waals surface area (Å²) in [5.74, 6) is 0.668. The van der Waals surface area contributed by atoms with Gasteiger partial charge in [-0.1, -0.05) is 0 Å². The zero-order valence-corrected chi connectivity index (χ0v) is 12.3. The maximum atomic E-state index is 12.2. The molecule has 3 heterocycles. The van der Waals surface area contributed by atoms with E-state index >= 15 is 0 Å². The van der Waals surface area contributed by atoms with E-state index in [4.69, 9.17) is 14.7 Å². The van der Waals surface area contributed by atoms with E-state index < -0.39 is 28.5 Å². The molecule has 2 aliphatic heterocycles. The molecule has 2 saturated heterocycles. The Morgan fingerprint density at radius 3 is 2.86 bits per heavy atom. The number of carbonyl (C=O) groups excluding carboxylic acids is 1. The van der Waals surface area contributed by atoms with Crippen LogP contribution in [0.25, 0.3) is 0 Å². The molecule has 0 aliphatic carbocycles. The van der Waals surface area contributed by atoms with E-state index in [0.717, 1.165) is 0 Å². The minimum atomic E-state index is -4.75. The quantitative estimate of drug-likeness (QED) is 0.662. The Labute approximate surface area is 125 Å². The Bertz CT molecular complexity index is 675. The van der Waals surface area contributed by atoms with E-state index in [0.29, 0.717) is 36.8 Å². The summed E-state index contributed by atoms with van der Waals surface area (Å²) in [6, 6.07) is -1.56. The van der Waals surface area contributed by atoms with Gasteiger partial charge >= 0.3 is 16.4 Å². The van der Waals surface area contributed by atoms with Gasteiger partial charge in [0.2, 0.25) is 11.8 Å². The molecule has 0 unspecified atom stereocenters. The number of fused-ring (bicyclic) bond motifs is 2. The third-order valence-electron chi connectivity index (χ3n) is 3.62. The molecule has 0 spiro atoms. The minimum Gasteiger partial charge on any atom is -0.423 e. The summed E-state index contributed by atoms with van der Waals surface area (Å²) >= 11 is 0. The average Bonchev–Trinajstić information content (AvgIpc) is 2.99. The van der Waals surface area contributed by atoms with Crippen LogP contribution in [0.4, 0.5) is 4.79 Å². The monoisotopic (exact) mass is 333 g/mol. The van der Waals surface area contributed by atoms with Crippen molar-refractivity contribution in [2.45, 2.75) is 31.3 Å². The van der Waals surface area contributed by atoms with Gasteiger partial charge in [0, 0.05) is 19.5 Å². The highest BCUT2D eigenvalue weighted by molar-refractivity contribution is 7.80. The van der Waals surface area contributed by atoms with Gasteiger partial charge in [-0.25, -0.2) is 4.79 Å². The van der Waals surface area contributed by atoms with Crippen LogP contribution in [0.5, 0.6) is 0 Å². The molecule has 2 bridgehead atoms. The van der Waals surface area contributed by atoms with Gasteiger partial charge in [0.1, 0.15) is 6.04 Å². The molecule has 0 saturated carbocycles. The number of piperidine rings is 1. The maximum Gasteiger partial charge on any atom is 0.418 e. The van der Waals surface area contributed by atoms with Crippen LogP contribution in [0.2, 0.25) is 0 Å². The number of rotatable bonds is 5. The van der Waals surface area contributed by atoms with Crippen LogP contribution in [-0.2, 0) is 21.1 Å². The van der Waals surface area contributed by atoms with Crippen LogP contribution < -0.4 is 5.73 Å². The van der Waals surface area contributed by atoms with Crippen molar-refractivity contribution in [3.8, 4) is 0 Å². The fraction of sp³-hybridized carbons (Fsp3) is 0.700. The van der Waals surface area contributed by atoms with Crippen molar-refractivity contribution in [2.24, 2.45) is 5.73 Å². The molecule has 0 radical (unpaired) electrons. The lowest BCUT2D eigenvalue weighted by molar-refractivity contribution is -0.0317. The standard InChI is InChI=1S/C10H15N5O6S/c11-4-3-8-12-13-9(20-8)7-2-1-6-5-14(7)10(16)15(6)21-22(17,18)19/h6-7H,1-5,11H2,(H,17,18,19)/t6-,7+/m1/s1. The molecule has 22 heavy (non-hydrogen) atoms. The van der Waals surface area contributed by atoms with Crippen molar-refractivity contribution in [3.05, 3.63) is 11.8 Å². The zero-order valence-electron chi connectivity index (χ0n) is 11.5. The number of urea groups is 1. The fourth-order valence-electron chi connectivity index (χ4n) is 2.71. The topological polar surface area (TPSA) is 152 Å². The molecule has 2 fully saturated rings. The van der Waals surface area contributed by atoms with E-state index in [-0.39, 0.29) is 12.4 Å². The van der Waals surface area contributed by atoms with Gasteiger partial charge < -0.3 is 15.1 Å². The second-order valence-corrected chi connectivity index (χ2v) is 6.09. The van der Waals surface area contributed by atoms with Gasteiger partial charge in [0.25, 0.3) is 0 Å². The van der Waals surface area contributed by atoms with Crippen molar-refractivity contribution in [1.29, 1.82) is 0 Å². The maximum absolute atomic E-state index is 12.2. The molecule has 3 N–H and O–H groups in total. The first-order valence-electron chi connectivity index (χ1n) is 6.68. The second kappa shape index (κ2) is 5.46. The van der Waals surface area contributed by atoms with E-state index in [1.165, 1.54) is 4.90 Å². The molecule has 2 atom stereocenters. The number of nitrogens with zero attached hydrogens (tertiary/aromatic N) is 4. The molecule has 2 aliphatic rings. The van der Waals surface area contributed by atoms with Crippen LogP contribution in [-0.4, -0.2) is 58.3 Å². The number of hydroxylamine groups is 2. The highest BCUT2D eigenvalue weighted by Crippen LogP contribution is 2.38. The second-order valence-electron chi connectivity index (χ2n) is 5.08. The van der Waals surface area contributed by atoms with Crippen molar-refractivity contribution in [1.82, 2.24) is 20.2 Å². The lowest BCUT2D eigenvalue weighted by atomic mass is 10.0. The first-order chi connectivity index (χ1) is 10.4. The SMILES string of the molecule is NCCc1nnc([C@@H]2CC[C@@H]3CN2C(=O)N3OS(=O)(=O)O)o1. The van der Waals surface area contributed by atoms with E-state index in [2.05, 4.69) is 14.5 Å². The van der Waals surface area contributed by atoms with Crippen LogP contribution in [0, 0.1) is 0 Å². The van der Waals surface area contributed by atoms with Crippen LogP contribution in [0.3, 0.4) is 0 Å². The van der Waals surface area contributed by atoms with Gasteiger partial charge in [-0.2, -0.15) is 13.5 Å². The predicted octanol–water partition coefficient (Wildman–Crippen LogP) is -0.754. The number of aromatic nitrogens is 2. The summed E-state index contributed by atoms with van der Waals surface area (Å²) in [6.07, 6.45) is 1.44. The molecular weight excluding hydrogens is 318 g/mol. The van der Waals surface area contributed by atoms with Crippen LogP contribution in [0.15, 0.2) is 4.42 Å². The van der Waals surface area contributed by atoms with E-state index in [1.54, 1.807) is 0 Å². The molecule has 122 valence electrons. The molecule has 3 rings (SSSR count). The smallest absolute Gasteiger partial charge is 0.418 e. The van der Waals surface area contributed by atoms with Gasteiger partial charge in [-0.15, -0.1) is 14.5 Å². The molecule has 1 aromatic heterocycles. The molecule has 11 nitrogen and oxygen atoms in total. The number of hydrogen-bond acceptors (Lipinski definition) is 8. The zero-order chi connectivity index (χ0) is 15.9. The molecule has 0 aromatic carbocycles. The lowest BCUT2D eigenvalue weighted by Gasteiger charge is -2.27. The Hall–Kier alpha value is -1.76. The molecule has 1 aromatic rings. The third kappa shape index (κ3) is 2.77. The van der Waals surface area contributed by atoms with Gasteiger partial charge in [-0.05, 0) is 12.8 Å². The van der Waals surface area contributed by atoms with Gasteiger partial charge in [0.05, 0.1) is 6.04 Å². The number of amides is 2. The Morgan fingerprint density at radius 1 is 1.41 bits per heavy atom. The van der Waals surface area contributed by atoms with Crippen molar-refractivity contribution < 1.29 is 26.5 Å². The Morgan fingerprint density at radius 2 is 2.18 bits per heavy atom. The van der Waals surface area contributed by atoms with Crippen molar-refractivity contribution in [2.75, 3.05) is 13.1 Å². The predicted molar refractivity (Wildman–Crippen MR) is 69.4 cm³/mol. The Kier molecular flexibility index (Phi) is 3.76. The summed E-state index contributed by atoms with van der Waals surface area (Å²) < 4.78 is 40.2. The Balaban J connectivity index is 1.79. The van der Waals surface area contributed by atoms with Crippen LogP contribution in [0.1, 0.15) is 30.7 Å². The lowest BCUT2D eigenvalue weighted by Crippen LogP contribution is -2.35. The number of hydrogen-bond donors (Lipinski definition) is 2. The van der Waals surface area contributed by atoms with Crippen molar-refractivity contribution in [3.63, 3.8) is 0 Å². The van der Waals surface area contributed by atoms with Crippen molar-refractivity contribution >= 4 is 16.4 Å². The van der Waals surface area contributed by atoms with E-state index in [9.17, 15) is 13.2 Å².